The number of benzene rings is 2. The zero-order valence-corrected chi connectivity index (χ0v) is 15.1. The highest BCUT2D eigenvalue weighted by Gasteiger charge is 2.02. The molecule has 2 aromatic rings. The minimum atomic E-state index is 0. The quantitative estimate of drug-likeness (QED) is 0.402. The van der Waals surface area contributed by atoms with E-state index in [1.54, 1.807) is 12.1 Å². The highest BCUT2D eigenvalue weighted by Crippen LogP contribution is 2.28. The summed E-state index contributed by atoms with van der Waals surface area (Å²) in [5, 5.41) is 0. The van der Waals surface area contributed by atoms with Crippen molar-refractivity contribution < 1.29 is 0 Å². The minimum Gasteiger partial charge on any atom is -0.397 e. The Bertz CT molecular complexity index is 504. The van der Waals surface area contributed by atoms with Gasteiger partial charge in [-0.15, -0.1) is 49.6 Å². The summed E-state index contributed by atoms with van der Waals surface area (Å²) in [6, 6.07) is 11.0. The molecule has 0 aliphatic rings. The maximum Gasteiger partial charge on any atom is 0.0554 e. The van der Waals surface area contributed by atoms with Crippen LogP contribution < -0.4 is 35.2 Å². The van der Waals surface area contributed by atoms with Crippen molar-refractivity contribution in [3.8, 4) is 11.1 Å². The zero-order valence-electron chi connectivity index (χ0n) is 11.8. The molecule has 0 unspecified atom stereocenters. The minimum absolute atomic E-state index is 0. The standard InChI is InChI=1S/C12H14N4.4ClH.2H3N/c13-9-3-1-7(5-11(9)15)8-2-4-10(14)12(16)6-8;;;;;;/h1-6H,13-16H2;4*1H;2*1H3. The van der Waals surface area contributed by atoms with Crippen molar-refractivity contribution in [2.24, 2.45) is 0 Å². The number of halogens is 4. The predicted octanol–water partition coefficient (Wildman–Crippen LogP) is 3.69. The number of anilines is 4. The number of nitrogens with two attached hydrogens (primary N) is 4. The number of nitrogen functional groups attached to an aromatic ring is 4. The van der Waals surface area contributed by atoms with Gasteiger partial charge in [-0.25, -0.2) is 0 Å². The van der Waals surface area contributed by atoms with E-state index in [9.17, 15) is 0 Å². The first-order valence-corrected chi connectivity index (χ1v) is 4.88. The van der Waals surface area contributed by atoms with E-state index < -0.39 is 0 Å². The summed E-state index contributed by atoms with van der Waals surface area (Å²) >= 11 is 0. The van der Waals surface area contributed by atoms with Gasteiger partial charge in [0.15, 0.2) is 0 Å². The molecule has 2 aromatic carbocycles. The molecule has 0 atom stereocenters. The normalized spacial score (nSPS) is 7.45. The van der Waals surface area contributed by atoms with E-state index in [1.165, 1.54) is 0 Å². The molecule has 0 radical (unpaired) electrons. The molecule has 2 rings (SSSR count). The van der Waals surface area contributed by atoms with Crippen LogP contribution in [0, 0.1) is 0 Å². The zero-order chi connectivity index (χ0) is 11.7. The van der Waals surface area contributed by atoms with Gasteiger partial charge in [-0.1, -0.05) is 12.1 Å². The van der Waals surface area contributed by atoms with Crippen LogP contribution in [0.1, 0.15) is 0 Å². The monoisotopic (exact) mass is 392 g/mol. The Morgan fingerprint density at radius 2 is 0.727 bits per heavy atom. The van der Waals surface area contributed by atoms with Crippen LogP contribution in [0.3, 0.4) is 0 Å². The van der Waals surface area contributed by atoms with Crippen LogP contribution >= 0.6 is 49.6 Å². The van der Waals surface area contributed by atoms with Crippen LogP contribution in [0.4, 0.5) is 22.7 Å². The number of hydrogen-bond acceptors (Lipinski definition) is 6. The largest absolute Gasteiger partial charge is 0.397 e. The molecule has 22 heavy (non-hydrogen) atoms. The van der Waals surface area contributed by atoms with E-state index in [1.807, 2.05) is 24.3 Å². The summed E-state index contributed by atoms with van der Waals surface area (Å²) < 4.78 is 0. The van der Waals surface area contributed by atoms with Gasteiger partial charge in [0.1, 0.15) is 0 Å². The Labute approximate surface area is 155 Å². The molecule has 130 valence electrons. The van der Waals surface area contributed by atoms with Crippen molar-refractivity contribution in [3.63, 3.8) is 0 Å². The fourth-order valence-corrected chi connectivity index (χ4v) is 1.51. The molecule has 0 heterocycles. The molecular weight excluding hydrogens is 370 g/mol. The van der Waals surface area contributed by atoms with Gasteiger partial charge in [0.05, 0.1) is 22.7 Å². The lowest BCUT2D eigenvalue weighted by atomic mass is 10.0. The van der Waals surface area contributed by atoms with E-state index in [0.717, 1.165) is 11.1 Å². The lowest BCUT2D eigenvalue weighted by Crippen LogP contribution is -1.96. The third-order valence-corrected chi connectivity index (χ3v) is 2.51. The molecule has 0 saturated heterocycles. The maximum atomic E-state index is 5.74. The topological polar surface area (TPSA) is 174 Å². The maximum absolute atomic E-state index is 5.74. The highest BCUT2D eigenvalue weighted by atomic mass is 35.5. The lowest BCUT2D eigenvalue weighted by Gasteiger charge is -2.07. The average Bonchev–Trinajstić information content (AvgIpc) is 2.26. The van der Waals surface area contributed by atoms with E-state index in [4.69, 9.17) is 22.9 Å². The fraction of sp³-hybridized carbons (Fsp3) is 0. The molecule has 14 N–H and O–H groups in total. The molecular formula is C12H24Cl4N6. The van der Waals surface area contributed by atoms with Crippen LogP contribution in [0.2, 0.25) is 0 Å². The number of hydrogen-bond donors (Lipinski definition) is 6. The molecule has 0 spiro atoms. The SMILES string of the molecule is Cl.Cl.Cl.Cl.N.N.Nc1ccc(-c2ccc(N)c(N)c2)cc1N. The summed E-state index contributed by atoms with van der Waals surface area (Å²) in [5.41, 5.74) is 27.0. The van der Waals surface area contributed by atoms with Crippen LogP contribution in [0.15, 0.2) is 36.4 Å². The van der Waals surface area contributed by atoms with Gasteiger partial charge in [0, 0.05) is 0 Å². The third kappa shape index (κ3) is 7.13. The van der Waals surface area contributed by atoms with Gasteiger partial charge in [-0.2, -0.15) is 0 Å². The fourth-order valence-electron chi connectivity index (χ4n) is 1.51. The van der Waals surface area contributed by atoms with Gasteiger partial charge >= 0.3 is 0 Å². The Morgan fingerprint density at radius 1 is 0.455 bits per heavy atom. The molecule has 0 aromatic heterocycles. The number of rotatable bonds is 1. The average molecular weight is 394 g/mol. The summed E-state index contributed by atoms with van der Waals surface area (Å²) in [7, 11) is 0. The third-order valence-electron chi connectivity index (χ3n) is 2.51. The van der Waals surface area contributed by atoms with Crippen molar-refractivity contribution >= 4 is 72.4 Å². The van der Waals surface area contributed by atoms with Crippen molar-refractivity contribution in [1.29, 1.82) is 0 Å². The molecule has 0 amide bonds. The van der Waals surface area contributed by atoms with Crippen LogP contribution in [0.25, 0.3) is 11.1 Å². The smallest absolute Gasteiger partial charge is 0.0554 e. The Balaban J connectivity index is -0.000000161. The molecule has 0 aliphatic carbocycles. The van der Waals surface area contributed by atoms with Crippen molar-refractivity contribution in [2.75, 3.05) is 22.9 Å². The van der Waals surface area contributed by atoms with Crippen LogP contribution in [-0.4, -0.2) is 0 Å². The molecule has 0 bridgehead atoms. The van der Waals surface area contributed by atoms with E-state index in [-0.39, 0.29) is 61.9 Å². The van der Waals surface area contributed by atoms with E-state index >= 15 is 0 Å². The molecule has 6 nitrogen and oxygen atoms in total. The summed E-state index contributed by atoms with van der Waals surface area (Å²) in [4.78, 5) is 0. The van der Waals surface area contributed by atoms with E-state index in [2.05, 4.69) is 0 Å². The second-order valence-corrected chi connectivity index (χ2v) is 3.69. The second kappa shape index (κ2) is 13.4. The second-order valence-electron chi connectivity index (χ2n) is 3.69. The Kier molecular flexibility index (Phi) is 19.8. The van der Waals surface area contributed by atoms with Crippen LogP contribution in [-0.2, 0) is 0 Å². The first-order chi connectivity index (χ1) is 7.58. The van der Waals surface area contributed by atoms with Crippen molar-refractivity contribution in [2.45, 2.75) is 0 Å². The molecule has 10 heteroatoms. The van der Waals surface area contributed by atoms with Crippen molar-refractivity contribution in [3.05, 3.63) is 36.4 Å². The first kappa shape index (κ1) is 32.6. The summed E-state index contributed by atoms with van der Waals surface area (Å²) in [6.07, 6.45) is 0. The van der Waals surface area contributed by atoms with Gasteiger partial charge in [-0.3, -0.25) is 0 Å². The Morgan fingerprint density at radius 3 is 0.955 bits per heavy atom. The van der Waals surface area contributed by atoms with Gasteiger partial charge in [-0.05, 0) is 35.4 Å². The lowest BCUT2D eigenvalue weighted by molar-refractivity contribution is 1.60. The van der Waals surface area contributed by atoms with Crippen LogP contribution in [0.5, 0.6) is 0 Å². The first-order valence-electron chi connectivity index (χ1n) is 4.88. The summed E-state index contributed by atoms with van der Waals surface area (Å²) in [5.74, 6) is 0. The Hall–Kier alpha value is -1.28. The molecule has 0 fully saturated rings. The van der Waals surface area contributed by atoms with Gasteiger partial charge in [0.2, 0.25) is 0 Å². The predicted molar refractivity (Wildman–Crippen MR) is 109 cm³/mol. The molecule has 0 saturated carbocycles. The van der Waals surface area contributed by atoms with Crippen molar-refractivity contribution in [1.82, 2.24) is 12.3 Å². The molecule has 0 aliphatic heterocycles. The summed E-state index contributed by atoms with van der Waals surface area (Å²) in [6.45, 7) is 0. The highest BCUT2D eigenvalue weighted by molar-refractivity contribution is 5.86. The van der Waals surface area contributed by atoms with Gasteiger partial charge < -0.3 is 35.2 Å². The van der Waals surface area contributed by atoms with Gasteiger partial charge in [0.25, 0.3) is 0 Å². The van der Waals surface area contributed by atoms with E-state index in [0.29, 0.717) is 22.7 Å².